The predicted octanol–water partition coefficient (Wildman–Crippen LogP) is 2.04. The zero-order valence-electron chi connectivity index (χ0n) is 9.65. The smallest absolute Gasteiger partial charge is 0.339 e. The number of esters is 1. The minimum absolute atomic E-state index is 0.0718. The highest BCUT2D eigenvalue weighted by molar-refractivity contribution is 6.62. The fourth-order valence-corrected chi connectivity index (χ4v) is 1.98. The molecule has 0 N–H and O–H groups in total. The van der Waals surface area contributed by atoms with Crippen molar-refractivity contribution in [3.8, 4) is 0 Å². The number of para-hydroxylation sites is 1. The number of halogens is 2. The summed E-state index contributed by atoms with van der Waals surface area (Å²) >= 11 is 11.3. The maximum absolute atomic E-state index is 11.9. The number of nitrogens with zero attached hydrogens (tertiary/aromatic N) is 1. The lowest BCUT2D eigenvalue weighted by atomic mass is 10.1. The Hall–Kier alpha value is -1.85. The van der Waals surface area contributed by atoms with Crippen molar-refractivity contribution in [2.24, 2.45) is 0 Å². The average molecular weight is 300 g/mol. The summed E-state index contributed by atoms with van der Waals surface area (Å²) in [6.07, 6.45) is 0. The van der Waals surface area contributed by atoms with Crippen LogP contribution in [-0.4, -0.2) is 24.9 Å². The first-order chi connectivity index (χ1) is 8.99. The van der Waals surface area contributed by atoms with Crippen molar-refractivity contribution >= 4 is 46.7 Å². The average Bonchev–Trinajstić information content (AvgIpc) is 2.62. The maximum Gasteiger partial charge on any atom is 0.339 e. The molecule has 0 aromatic heterocycles. The molecule has 0 atom stereocenters. The summed E-state index contributed by atoms with van der Waals surface area (Å²) < 4.78 is 4.59. The van der Waals surface area contributed by atoms with E-state index in [2.05, 4.69) is 4.74 Å². The molecule has 0 saturated heterocycles. The minimum Gasteiger partial charge on any atom is -0.465 e. The molecule has 7 heteroatoms. The molecule has 1 aromatic carbocycles. The number of carbonyl (C=O) groups is 3. The van der Waals surface area contributed by atoms with E-state index in [-0.39, 0.29) is 21.3 Å². The van der Waals surface area contributed by atoms with Crippen LogP contribution in [0, 0.1) is 0 Å². The van der Waals surface area contributed by atoms with E-state index < -0.39 is 17.8 Å². The Bertz CT molecular complexity index is 600. The molecule has 0 saturated carbocycles. The molecule has 0 radical (unpaired) electrons. The Morgan fingerprint density at radius 1 is 1.11 bits per heavy atom. The third-order valence-corrected chi connectivity index (χ3v) is 3.32. The number of carbonyl (C=O) groups excluding carboxylic acids is 3. The fraction of sp³-hybridized carbons (Fsp3) is 0.0833. The second-order valence-electron chi connectivity index (χ2n) is 3.58. The van der Waals surface area contributed by atoms with Crippen molar-refractivity contribution < 1.29 is 19.1 Å². The van der Waals surface area contributed by atoms with E-state index in [4.69, 9.17) is 23.2 Å². The largest absolute Gasteiger partial charge is 0.465 e. The second kappa shape index (κ2) is 5.03. The van der Waals surface area contributed by atoms with Crippen molar-refractivity contribution in [1.82, 2.24) is 0 Å². The lowest BCUT2D eigenvalue weighted by molar-refractivity contribution is -0.120. The molecule has 1 aliphatic heterocycles. The standard InChI is InChI=1S/C12H7Cl2NO4/c1-19-12(18)6-4-2-3-5-7(6)15-10(16)8(13)9(14)11(15)17/h2-5H,1H3. The lowest BCUT2D eigenvalue weighted by Gasteiger charge is -2.17. The zero-order chi connectivity index (χ0) is 14.2. The molecule has 19 heavy (non-hydrogen) atoms. The van der Waals surface area contributed by atoms with Crippen LogP contribution < -0.4 is 4.90 Å². The number of hydrogen-bond donors (Lipinski definition) is 0. The first kappa shape index (κ1) is 13.6. The third-order valence-electron chi connectivity index (χ3n) is 2.52. The Labute approximate surface area is 118 Å². The van der Waals surface area contributed by atoms with Gasteiger partial charge in [-0.15, -0.1) is 0 Å². The predicted molar refractivity (Wildman–Crippen MR) is 69.0 cm³/mol. The van der Waals surface area contributed by atoms with Gasteiger partial charge in [-0.25, -0.2) is 9.69 Å². The monoisotopic (exact) mass is 299 g/mol. The van der Waals surface area contributed by atoms with Crippen LogP contribution in [0.4, 0.5) is 5.69 Å². The highest BCUT2D eigenvalue weighted by Crippen LogP contribution is 2.33. The number of rotatable bonds is 2. The van der Waals surface area contributed by atoms with Gasteiger partial charge in [0.15, 0.2) is 0 Å². The van der Waals surface area contributed by atoms with Crippen LogP contribution >= 0.6 is 23.2 Å². The normalized spacial score (nSPS) is 15.2. The van der Waals surface area contributed by atoms with E-state index in [9.17, 15) is 14.4 Å². The minimum atomic E-state index is -0.770. The van der Waals surface area contributed by atoms with Gasteiger partial charge in [0.05, 0.1) is 18.4 Å². The lowest BCUT2D eigenvalue weighted by Crippen LogP contribution is -2.32. The molecule has 1 aromatic rings. The van der Waals surface area contributed by atoms with Crippen LogP contribution in [0.5, 0.6) is 0 Å². The molecule has 1 aliphatic rings. The highest BCUT2D eigenvalue weighted by Gasteiger charge is 2.39. The zero-order valence-corrected chi connectivity index (χ0v) is 11.2. The molecule has 1 heterocycles. The molecule has 5 nitrogen and oxygen atoms in total. The van der Waals surface area contributed by atoms with E-state index in [1.165, 1.54) is 19.2 Å². The van der Waals surface area contributed by atoms with Crippen LogP contribution in [0.2, 0.25) is 0 Å². The van der Waals surface area contributed by atoms with Gasteiger partial charge in [-0.05, 0) is 12.1 Å². The molecule has 2 rings (SSSR count). The summed E-state index contributed by atoms with van der Waals surface area (Å²) in [5, 5.41) is -0.738. The second-order valence-corrected chi connectivity index (χ2v) is 4.34. The SMILES string of the molecule is COC(=O)c1ccccc1N1C(=O)C(Cl)=C(Cl)C1=O. The van der Waals surface area contributed by atoms with Crippen LogP contribution in [0.25, 0.3) is 0 Å². The summed E-state index contributed by atoms with van der Waals surface area (Å²) in [7, 11) is 1.20. The fourth-order valence-electron chi connectivity index (χ4n) is 1.65. The first-order valence-corrected chi connectivity index (χ1v) is 5.86. The topological polar surface area (TPSA) is 63.7 Å². The molecule has 0 aliphatic carbocycles. The number of methoxy groups -OCH3 is 1. The van der Waals surface area contributed by atoms with Gasteiger partial charge in [0.1, 0.15) is 10.1 Å². The van der Waals surface area contributed by atoms with Gasteiger partial charge in [0, 0.05) is 0 Å². The van der Waals surface area contributed by atoms with E-state index in [1.807, 2.05) is 0 Å². The number of anilines is 1. The van der Waals surface area contributed by atoms with Gasteiger partial charge < -0.3 is 4.74 Å². The van der Waals surface area contributed by atoms with Gasteiger partial charge in [-0.2, -0.15) is 0 Å². The number of imide groups is 1. The quantitative estimate of drug-likeness (QED) is 0.619. The molecular formula is C12H7Cl2NO4. The Morgan fingerprint density at radius 2 is 1.63 bits per heavy atom. The van der Waals surface area contributed by atoms with E-state index >= 15 is 0 Å². The van der Waals surface area contributed by atoms with Crippen molar-refractivity contribution in [1.29, 1.82) is 0 Å². The third kappa shape index (κ3) is 2.11. The van der Waals surface area contributed by atoms with E-state index in [0.717, 1.165) is 4.90 Å². The van der Waals surface area contributed by atoms with E-state index in [1.54, 1.807) is 12.1 Å². The van der Waals surface area contributed by atoms with Crippen molar-refractivity contribution in [3.05, 3.63) is 39.9 Å². The van der Waals surface area contributed by atoms with Gasteiger partial charge in [-0.1, -0.05) is 35.3 Å². The van der Waals surface area contributed by atoms with Crippen LogP contribution in [0.15, 0.2) is 34.3 Å². The molecule has 98 valence electrons. The summed E-state index contributed by atoms with van der Waals surface area (Å²) in [6.45, 7) is 0. The van der Waals surface area contributed by atoms with Gasteiger partial charge in [-0.3, -0.25) is 9.59 Å². The number of hydrogen-bond acceptors (Lipinski definition) is 4. The van der Waals surface area contributed by atoms with Crippen molar-refractivity contribution in [3.63, 3.8) is 0 Å². The van der Waals surface area contributed by atoms with Crippen LogP contribution in [-0.2, 0) is 14.3 Å². The molecule has 2 amide bonds. The molecule has 0 bridgehead atoms. The van der Waals surface area contributed by atoms with Gasteiger partial charge in [0.2, 0.25) is 0 Å². The van der Waals surface area contributed by atoms with Crippen LogP contribution in [0.3, 0.4) is 0 Å². The maximum atomic E-state index is 11.9. The highest BCUT2D eigenvalue weighted by atomic mass is 35.5. The number of benzene rings is 1. The Balaban J connectivity index is 2.54. The summed E-state index contributed by atoms with van der Waals surface area (Å²) in [5.74, 6) is -2.21. The van der Waals surface area contributed by atoms with E-state index in [0.29, 0.717) is 0 Å². The van der Waals surface area contributed by atoms with Gasteiger partial charge in [0.25, 0.3) is 11.8 Å². The Morgan fingerprint density at radius 3 is 2.16 bits per heavy atom. The van der Waals surface area contributed by atoms with Gasteiger partial charge >= 0.3 is 5.97 Å². The summed E-state index contributed by atoms with van der Waals surface area (Å²) in [4.78, 5) is 36.1. The van der Waals surface area contributed by atoms with Crippen molar-refractivity contribution in [2.75, 3.05) is 12.0 Å². The van der Waals surface area contributed by atoms with Crippen LogP contribution in [0.1, 0.15) is 10.4 Å². The summed E-state index contributed by atoms with van der Waals surface area (Å²) in [5.41, 5.74) is 0.153. The first-order valence-electron chi connectivity index (χ1n) is 5.10. The summed E-state index contributed by atoms with van der Waals surface area (Å²) in [6, 6.07) is 6.02. The van der Waals surface area contributed by atoms with Crippen molar-refractivity contribution in [2.45, 2.75) is 0 Å². The molecular weight excluding hydrogens is 293 g/mol. The molecule has 0 unspecified atom stereocenters. The number of ether oxygens (including phenoxy) is 1. The number of amides is 2. The Kier molecular flexibility index (Phi) is 3.59. The molecule has 0 spiro atoms. The molecule has 0 fully saturated rings.